The van der Waals surface area contributed by atoms with E-state index in [0.717, 1.165) is 28.6 Å². The van der Waals surface area contributed by atoms with Gasteiger partial charge >= 0.3 is 0 Å². The van der Waals surface area contributed by atoms with Crippen LogP contribution in [0.1, 0.15) is 30.9 Å². The molecule has 0 spiro atoms. The molecule has 2 aromatic carbocycles. The molecule has 3 heteroatoms. The van der Waals surface area contributed by atoms with E-state index in [1.165, 1.54) is 5.56 Å². The largest absolute Gasteiger partial charge is 0.461 e. The average molecular weight is 342 g/mol. The Bertz CT molecular complexity index is 922. The molecule has 0 aromatic heterocycles. The highest BCUT2D eigenvalue weighted by Gasteiger charge is 2.37. The standard InChI is InChI=1S/C23H22N2O/c1-3-24-23(17-10-5-4-6-11-17)25-16(2)18-13-9-15-21-22(18)19-12-7-8-14-20(19)26-21/h4-15,18,22H,3H2,1-2H3. The number of rotatable bonds is 3. The SMILES string of the molecule is CCN=C(N=C(C)C1C=CC=C2Oc3ccccc3C21)c1ccccc1. The zero-order valence-electron chi connectivity index (χ0n) is 15.1. The first-order chi connectivity index (χ1) is 12.8. The third kappa shape index (κ3) is 3.01. The van der Waals surface area contributed by atoms with Gasteiger partial charge in [-0.25, -0.2) is 4.99 Å². The van der Waals surface area contributed by atoms with E-state index in [9.17, 15) is 0 Å². The van der Waals surface area contributed by atoms with Crippen LogP contribution in [-0.2, 0) is 0 Å². The predicted octanol–water partition coefficient (Wildman–Crippen LogP) is 5.16. The van der Waals surface area contributed by atoms with Crippen molar-refractivity contribution in [2.24, 2.45) is 15.9 Å². The second-order valence-electron chi connectivity index (χ2n) is 6.51. The molecule has 26 heavy (non-hydrogen) atoms. The number of hydrogen-bond donors (Lipinski definition) is 0. The number of fused-ring (bicyclic) bond motifs is 3. The fraction of sp³-hybridized carbons (Fsp3) is 0.217. The Labute approximate surface area is 154 Å². The zero-order chi connectivity index (χ0) is 17.9. The Balaban J connectivity index is 1.70. The average Bonchev–Trinajstić information content (AvgIpc) is 3.07. The number of nitrogens with zero attached hydrogens (tertiary/aromatic N) is 2. The lowest BCUT2D eigenvalue weighted by Crippen LogP contribution is -2.22. The maximum atomic E-state index is 6.05. The number of allylic oxidation sites excluding steroid dienone is 4. The number of aliphatic imine (C=N–C) groups is 2. The Morgan fingerprint density at radius 2 is 1.81 bits per heavy atom. The summed E-state index contributed by atoms with van der Waals surface area (Å²) in [6.45, 7) is 4.84. The van der Waals surface area contributed by atoms with Crippen molar-refractivity contribution in [2.75, 3.05) is 6.54 Å². The quantitative estimate of drug-likeness (QED) is 0.560. The van der Waals surface area contributed by atoms with Crippen molar-refractivity contribution in [1.29, 1.82) is 0 Å². The van der Waals surface area contributed by atoms with Gasteiger partial charge in [0.25, 0.3) is 0 Å². The first-order valence-electron chi connectivity index (χ1n) is 9.08. The molecule has 1 aliphatic carbocycles. The summed E-state index contributed by atoms with van der Waals surface area (Å²) in [5, 5.41) is 0. The van der Waals surface area contributed by atoms with Gasteiger partial charge in [-0.2, -0.15) is 0 Å². The molecule has 0 fully saturated rings. The molecule has 0 amide bonds. The number of para-hydroxylation sites is 1. The molecule has 0 N–H and O–H groups in total. The van der Waals surface area contributed by atoms with Crippen LogP contribution in [0.2, 0.25) is 0 Å². The van der Waals surface area contributed by atoms with E-state index >= 15 is 0 Å². The molecule has 2 unspecified atom stereocenters. The lowest BCUT2D eigenvalue weighted by atomic mass is 9.80. The summed E-state index contributed by atoms with van der Waals surface area (Å²) in [6.07, 6.45) is 6.35. The van der Waals surface area contributed by atoms with E-state index in [-0.39, 0.29) is 11.8 Å². The van der Waals surface area contributed by atoms with Crippen LogP contribution >= 0.6 is 0 Å². The molecule has 2 aromatic rings. The van der Waals surface area contributed by atoms with Crippen molar-refractivity contribution in [2.45, 2.75) is 19.8 Å². The van der Waals surface area contributed by atoms with Crippen LogP contribution in [0.25, 0.3) is 0 Å². The van der Waals surface area contributed by atoms with Crippen LogP contribution in [0.15, 0.2) is 88.6 Å². The fourth-order valence-electron chi connectivity index (χ4n) is 3.61. The van der Waals surface area contributed by atoms with E-state index in [4.69, 9.17) is 9.73 Å². The molecule has 130 valence electrons. The van der Waals surface area contributed by atoms with Gasteiger partial charge in [0, 0.05) is 29.3 Å². The molecule has 2 atom stereocenters. The summed E-state index contributed by atoms with van der Waals surface area (Å²) in [5.41, 5.74) is 3.33. The normalized spacial score (nSPS) is 21.7. The highest BCUT2D eigenvalue weighted by atomic mass is 16.5. The van der Waals surface area contributed by atoms with E-state index in [1.807, 2.05) is 37.3 Å². The Morgan fingerprint density at radius 1 is 1.04 bits per heavy atom. The van der Waals surface area contributed by atoms with Crippen molar-refractivity contribution < 1.29 is 4.74 Å². The molecule has 3 nitrogen and oxygen atoms in total. The maximum Gasteiger partial charge on any atom is 0.154 e. The molecule has 0 saturated carbocycles. The second-order valence-corrected chi connectivity index (χ2v) is 6.51. The highest BCUT2D eigenvalue weighted by molar-refractivity contribution is 6.07. The molecular formula is C23H22N2O. The first-order valence-corrected chi connectivity index (χ1v) is 9.08. The molecular weight excluding hydrogens is 320 g/mol. The zero-order valence-corrected chi connectivity index (χ0v) is 15.1. The van der Waals surface area contributed by atoms with Crippen LogP contribution < -0.4 is 4.74 Å². The topological polar surface area (TPSA) is 34.0 Å². The number of hydrogen-bond acceptors (Lipinski definition) is 2. The van der Waals surface area contributed by atoms with Crippen LogP contribution in [0.3, 0.4) is 0 Å². The Hall–Kier alpha value is -2.94. The number of amidine groups is 1. The summed E-state index contributed by atoms with van der Waals surface area (Å²) < 4.78 is 6.05. The summed E-state index contributed by atoms with van der Waals surface area (Å²) in [4.78, 5) is 9.54. The molecule has 0 saturated heterocycles. The van der Waals surface area contributed by atoms with Gasteiger partial charge in [0.1, 0.15) is 11.5 Å². The van der Waals surface area contributed by atoms with Crippen molar-refractivity contribution in [3.05, 3.63) is 89.7 Å². The third-order valence-corrected chi connectivity index (χ3v) is 4.83. The number of ether oxygens (including phenoxy) is 1. The van der Waals surface area contributed by atoms with Crippen molar-refractivity contribution in [3.63, 3.8) is 0 Å². The molecule has 2 aliphatic rings. The molecule has 1 heterocycles. The van der Waals surface area contributed by atoms with Gasteiger partial charge in [-0.15, -0.1) is 0 Å². The van der Waals surface area contributed by atoms with Crippen molar-refractivity contribution in [1.82, 2.24) is 0 Å². The van der Waals surface area contributed by atoms with Gasteiger partial charge in [0.15, 0.2) is 5.84 Å². The number of benzene rings is 2. The lowest BCUT2D eigenvalue weighted by Gasteiger charge is -2.23. The summed E-state index contributed by atoms with van der Waals surface area (Å²) in [6, 6.07) is 18.4. The minimum Gasteiger partial charge on any atom is -0.461 e. The summed E-state index contributed by atoms with van der Waals surface area (Å²) >= 11 is 0. The van der Waals surface area contributed by atoms with E-state index < -0.39 is 0 Å². The molecule has 0 bridgehead atoms. The minimum atomic E-state index is 0.171. The van der Waals surface area contributed by atoms with E-state index in [0.29, 0.717) is 6.54 Å². The molecule has 4 rings (SSSR count). The summed E-state index contributed by atoms with van der Waals surface area (Å²) in [5.74, 6) is 3.11. The Kier molecular flexibility index (Phi) is 4.53. The first kappa shape index (κ1) is 16.5. The second kappa shape index (κ2) is 7.12. The fourth-order valence-corrected chi connectivity index (χ4v) is 3.61. The maximum absolute atomic E-state index is 6.05. The Morgan fingerprint density at radius 3 is 2.62 bits per heavy atom. The molecule has 0 radical (unpaired) electrons. The van der Waals surface area contributed by atoms with Crippen LogP contribution in [0.4, 0.5) is 0 Å². The van der Waals surface area contributed by atoms with E-state index in [1.54, 1.807) is 0 Å². The van der Waals surface area contributed by atoms with Crippen molar-refractivity contribution >= 4 is 11.5 Å². The predicted molar refractivity (Wildman–Crippen MR) is 107 cm³/mol. The van der Waals surface area contributed by atoms with Gasteiger partial charge in [-0.3, -0.25) is 4.99 Å². The minimum absolute atomic E-state index is 0.171. The highest BCUT2D eigenvalue weighted by Crippen LogP contribution is 2.47. The smallest absolute Gasteiger partial charge is 0.154 e. The van der Waals surface area contributed by atoms with Gasteiger partial charge in [-0.05, 0) is 26.0 Å². The van der Waals surface area contributed by atoms with E-state index in [2.05, 4.69) is 54.4 Å². The van der Waals surface area contributed by atoms with Gasteiger partial charge in [0.05, 0.1) is 5.92 Å². The van der Waals surface area contributed by atoms with Crippen molar-refractivity contribution in [3.8, 4) is 5.75 Å². The summed E-state index contributed by atoms with van der Waals surface area (Å²) in [7, 11) is 0. The van der Waals surface area contributed by atoms with Crippen LogP contribution in [-0.4, -0.2) is 18.1 Å². The van der Waals surface area contributed by atoms with Crippen LogP contribution in [0.5, 0.6) is 5.75 Å². The monoisotopic (exact) mass is 342 g/mol. The third-order valence-electron chi connectivity index (χ3n) is 4.83. The van der Waals surface area contributed by atoms with Gasteiger partial charge < -0.3 is 4.74 Å². The van der Waals surface area contributed by atoms with Crippen LogP contribution in [0, 0.1) is 5.92 Å². The van der Waals surface area contributed by atoms with Gasteiger partial charge in [0.2, 0.25) is 0 Å². The van der Waals surface area contributed by atoms with Gasteiger partial charge in [-0.1, -0.05) is 60.7 Å². The lowest BCUT2D eigenvalue weighted by molar-refractivity contribution is 0.415. The molecule has 1 aliphatic heterocycles.